The summed E-state index contributed by atoms with van der Waals surface area (Å²) in [5, 5.41) is 3.39. The van der Waals surface area contributed by atoms with Gasteiger partial charge in [-0.2, -0.15) is 0 Å². The minimum absolute atomic E-state index is 0.583. The van der Waals surface area contributed by atoms with Gasteiger partial charge in [0.2, 0.25) is 0 Å². The molecule has 0 radical (unpaired) electrons. The highest BCUT2D eigenvalue weighted by molar-refractivity contribution is 5.48. The zero-order valence-corrected chi connectivity index (χ0v) is 12.7. The summed E-state index contributed by atoms with van der Waals surface area (Å²) in [7, 11) is 3.98. The molecule has 0 spiro atoms. The van der Waals surface area contributed by atoms with Crippen LogP contribution < -0.4 is 10.2 Å². The van der Waals surface area contributed by atoms with Crippen molar-refractivity contribution in [3.05, 3.63) is 53.7 Å². The number of nitrogens with one attached hydrogen (secondary N) is 1. The molecule has 0 amide bonds. The van der Waals surface area contributed by atoms with Gasteiger partial charge >= 0.3 is 0 Å². The smallest absolute Gasteiger partial charge is 0.128 e. The lowest BCUT2D eigenvalue weighted by Crippen LogP contribution is -2.10. The Balaban J connectivity index is 1.94. The van der Waals surface area contributed by atoms with E-state index in [9.17, 15) is 0 Å². The Kier molecular flexibility index (Phi) is 4.61. The van der Waals surface area contributed by atoms with Crippen LogP contribution in [0.1, 0.15) is 30.9 Å². The largest absolute Gasteiger partial charge is 0.380 e. The Labute approximate surface area is 121 Å². The molecular formula is C17H23N3. The third-order valence-corrected chi connectivity index (χ3v) is 3.35. The van der Waals surface area contributed by atoms with Gasteiger partial charge in [-0.05, 0) is 29.2 Å². The van der Waals surface area contributed by atoms with Crippen LogP contribution in [0.5, 0.6) is 0 Å². The lowest BCUT2D eigenvalue weighted by molar-refractivity contribution is 0.865. The lowest BCUT2D eigenvalue weighted by Gasteiger charge is -2.12. The van der Waals surface area contributed by atoms with Crippen LogP contribution in [0, 0.1) is 0 Å². The molecule has 0 fully saturated rings. The Bertz CT molecular complexity index is 476. The summed E-state index contributed by atoms with van der Waals surface area (Å²) < 4.78 is 0. The Hall–Kier alpha value is -2.03. The first-order chi connectivity index (χ1) is 9.56. The predicted molar refractivity (Wildman–Crippen MR) is 86.4 cm³/mol. The summed E-state index contributed by atoms with van der Waals surface area (Å²) >= 11 is 0. The van der Waals surface area contributed by atoms with Crippen molar-refractivity contribution < 1.29 is 0 Å². The first-order valence-electron chi connectivity index (χ1n) is 7.02. The normalized spacial score (nSPS) is 10.7. The lowest BCUT2D eigenvalue weighted by atomic mass is 10.0. The number of rotatable bonds is 5. The number of hydrogen-bond acceptors (Lipinski definition) is 3. The number of hydrogen-bond donors (Lipinski definition) is 1. The van der Waals surface area contributed by atoms with E-state index in [-0.39, 0.29) is 0 Å². The van der Waals surface area contributed by atoms with Gasteiger partial charge in [0, 0.05) is 20.6 Å². The van der Waals surface area contributed by atoms with E-state index >= 15 is 0 Å². The fourth-order valence-corrected chi connectivity index (χ4v) is 1.98. The molecule has 0 bridgehead atoms. The van der Waals surface area contributed by atoms with Crippen molar-refractivity contribution in [2.24, 2.45) is 0 Å². The maximum Gasteiger partial charge on any atom is 0.128 e. The van der Waals surface area contributed by atoms with Gasteiger partial charge in [0.25, 0.3) is 0 Å². The highest BCUT2D eigenvalue weighted by Crippen LogP contribution is 2.16. The molecule has 1 heterocycles. The summed E-state index contributed by atoms with van der Waals surface area (Å²) in [5.74, 6) is 1.55. The predicted octanol–water partition coefficient (Wildman–Crippen LogP) is 3.88. The van der Waals surface area contributed by atoms with Crippen LogP contribution in [0.25, 0.3) is 0 Å². The topological polar surface area (TPSA) is 28.2 Å². The summed E-state index contributed by atoms with van der Waals surface area (Å²) in [6, 6.07) is 12.9. The van der Waals surface area contributed by atoms with Gasteiger partial charge in [0.05, 0.1) is 11.9 Å². The van der Waals surface area contributed by atoms with Gasteiger partial charge in [-0.25, -0.2) is 4.98 Å². The van der Waals surface area contributed by atoms with E-state index in [2.05, 4.69) is 54.5 Å². The van der Waals surface area contributed by atoms with Crippen LogP contribution in [-0.2, 0) is 6.54 Å². The highest BCUT2D eigenvalue weighted by atomic mass is 15.1. The molecule has 0 saturated carbocycles. The average Bonchev–Trinajstić information content (AvgIpc) is 2.46. The van der Waals surface area contributed by atoms with E-state index in [0.29, 0.717) is 5.92 Å². The second-order valence-electron chi connectivity index (χ2n) is 5.55. The van der Waals surface area contributed by atoms with Crippen molar-refractivity contribution in [2.45, 2.75) is 26.3 Å². The van der Waals surface area contributed by atoms with E-state index < -0.39 is 0 Å². The van der Waals surface area contributed by atoms with Gasteiger partial charge in [0.15, 0.2) is 0 Å². The second-order valence-corrected chi connectivity index (χ2v) is 5.55. The molecule has 0 unspecified atom stereocenters. The van der Waals surface area contributed by atoms with Gasteiger partial charge in [-0.15, -0.1) is 0 Å². The SMILES string of the molecule is CC(C)c1ccc(CNc2ccc(N(C)C)nc2)cc1. The molecule has 0 saturated heterocycles. The number of anilines is 2. The van der Waals surface area contributed by atoms with Crippen LogP contribution in [0.3, 0.4) is 0 Å². The van der Waals surface area contributed by atoms with Crippen molar-refractivity contribution in [1.29, 1.82) is 0 Å². The minimum Gasteiger partial charge on any atom is -0.380 e. The summed E-state index contributed by atoms with van der Waals surface area (Å²) in [4.78, 5) is 6.39. The molecule has 106 valence electrons. The molecular weight excluding hydrogens is 246 g/mol. The first kappa shape index (κ1) is 14.4. The van der Waals surface area contributed by atoms with Crippen molar-refractivity contribution in [3.63, 3.8) is 0 Å². The van der Waals surface area contributed by atoms with E-state index in [1.807, 2.05) is 31.3 Å². The van der Waals surface area contributed by atoms with Crippen LogP contribution in [0.2, 0.25) is 0 Å². The van der Waals surface area contributed by atoms with E-state index in [1.165, 1.54) is 11.1 Å². The van der Waals surface area contributed by atoms with Crippen molar-refractivity contribution in [3.8, 4) is 0 Å². The molecule has 2 rings (SSSR count). The summed E-state index contributed by atoms with van der Waals surface area (Å²) in [5.41, 5.74) is 3.71. The van der Waals surface area contributed by atoms with Crippen LogP contribution in [-0.4, -0.2) is 19.1 Å². The molecule has 0 atom stereocenters. The molecule has 1 aromatic heterocycles. The van der Waals surface area contributed by atoms with Crippen LogP contribution in [0.4, 0.5) is 11.5 Å². The molecule has 0 aliphatic heterocycles. The molecule has 3 nitrogen and oxygen atoms in total. The highest BCUT2D eigenvalue weighted by Gasteiger charge is 2.00. The fraction of sp³-hybridized carbons (Fsp3) is 0.353. The fourth-order valence-electron chi connectivity index (χ4n) is 1.98. The zero-order valence-electron chi connectivity index (χ0n) is 12.7. The van der Waals surface area contributed by atoms with E-state index in [4.69, 9.17) is 0 Å². The molecule has 3 heteroatoms. The number of nitrogens with zero attached hydrogens (tertiary/aromatic N) is 2. The number of pyridine rings is 1. The minimum atomic E-state index is 0.583. The Morgan fingerprint density at radius 2 is 1.75 bits per heavy atom. The van der Waals surface area contributed by atoms with Gasteiger partial charge in [-0.1, -0.05) is 38.1 Å². The second kappa shape index (κ2) is 6.42. The third-order valence-electron chi connectivity index (χ3n) is 3.35. The summed E-state index contributed by atoms with van der Waals surface area (Å²) in [6.07, 6.45) is 1.87. The maximum atomic E-state index is 4.39. The Morgan fingerprint density at radius 1 is 1.05 bits per heavy atom. The molecule has 1 aromatic carbocycles. The van der Waals surface area contributed by atoms with Crippen molar-refractivity contribution in [2.75, 3.05) is 24.3 Å². The summed E-state index contributed by atoms with van der Waals surface area (Å²) in [6.45, 7) is 5.25. The van der Waals surface area contributed by atoms with Gasteiger partial charge in [0.1, 0.15) is 5.82 Å². The average molecular weight is 269 g/mol. The molecule has 0 aliphatic rings. The molecule has 2 aromatic rings. The third kappa shape index (κ3) is 3.73. The molecule has 0 aliphatic carbocycles. The zero-order chi connectivity index (χ0) is 14.5. The van der Waals surface area contributed by atoms with E-state index in [1.54, 1.807) is 0 Å². The quantitative estimate of drug-likeness (QED) is 0.892. The van der Waals surface area contributed by atoms with Crippen LogP contribution in [0.15, 0.2) is 42.6 Å². The van der Waals surface area contributed by atoms with Crippen molar-refractivity contribution >= 4 is 11.5 Å². The van der Waals surface area contributed by atoms with Crippen LogP contribution >= 0.6 is 0 Å². The first-order valence-corrected chi connectivity index (χ1v) is 7.02. The maximum absolute atomic E-state index is 4.39. The van der Waals surface area contributed by atoms with Gasteiger partial charge < -0.3 is 10.2 Å². The van der Waals surface area contributed by atoms with Crippen molar-refractivity contribution in [1.82, 2.24) is 4.98 Å². The standard InChI is InChI=1S/C17H23N3/c1-13(2)15-7-5-14(6-8-15)11-18-16-9-10-17(19-12-16)20(3)4/h5-10,12-13,18H,11H2,1-4H3. The molecule has 1 N–H and O–H groups in total. The van der Waals surface area contributed by atoms with Gasteiger partial charge in [-0.3, -0.25) is 0 Å². The Morgan fingerprint density at radius 3 is 2.25 bits per heavy atom. The number of benzene rings is 1. The molecule has 20 heavy (non-hydrogen) atoms. The monoisotopic (exact) mass is 269 g/mol. The number of aromatic nitrogens is 1. The van der Waals surface area contributed by atoms with E-state index in [0.717, 1.165) is 18.1 Å².